The van der Waals surface area contributed by atoms with Crippen LogP contribution in [0.3, 0.4) is 0 Å². The molecule has 0 spiro atoms. The van der Waals surface area contributed by atoms with Crippen LogP contribution in [0.5, 0.6) is 0 Å². The van der Waals surface area contributed by atoms with E-state index in [1.807, 2.05) is 20.8 Å². The molecule has 164 valence electrons. The number of nitrogens with zero attached hydrogens (tertiary/aromatic N) is 5. The van der Waals surface area contributed by atoms with E-state index in [4.69, 9.17) is 4.52 Å². The lowest BCUT2D eigenvalue weighted by Gasteiger charge is -2.32. The largest absolute Gasteiger partial charge is 0.338 e. The quantitative estimate of drug-likeness (QED) is 0.606. The summed E-state index contributed by atoms with van der Waals surface area (Å²) in [5.74, 6) is 0.329. The van der Waals surface area contributed by atoms with Crippen LogP contribution in [-0.2, 0) is 5.41 Å². The number of amides is 1. The Labute approximate surface area is 178 Å². The van der Waals surface area contributed by atoms with Gasteiger partial charge >= 0.3 is 0 Å². The molecule has 1 atom stereocenters. The maximum Gasteiger partial charge on any atom is 0.264 e. The molecule has 1 unspecified atom stereocenters. The lowest BCUT2D eigenvalue weighted by molar-refractivity contribution is 0.0704. The molecule has 31 heavy (non-hydrogen) atoms. The summed E-state index contributed by atoms with van der Waals surface area (Å²) >= 11 is 0. The third kappa shape index (κ3) is 4.13. The molecule has 1 fully saturated rings. The van der Waals surface area contributed by atoms with Gasteiger partial charge in [-0.1, -0.05) is 25.9 Å². The van der Waals surface area contributed by atoms with Crippen LogP contribution in [0.25, 0.3) is 11.1 Å². The summed E-state index contributed by atoms with van der Waals surface area (Å²) in [4.78, 5) is 27.8. The molecule has 1 amide bonds. The van der Waals surface area contributed by atoms with E-state index in [0.29, 0.717) is 35.9 Å². The van der Waals surface area contributed by atoms with Gasteiger partial charge in [0.05, 0.1) is 16.6 Å². The molecule has 1 aliphatic heterocycles. The summed E-state index contributed by atoms with van der Waals surface area (Å²) in [6.07, 6.45) is 1.93. The second-order valence-corrected chi connectivity index (χ2v) is 9.02. The van der Waals surface area contributed by atoms with Crippen LogP contribution < -0.4 is 0 Å². The maximum atomic E-state index is 13.7. The van der Waals surface area contributed by atoms with Gasteiger partial charge in [0.1, 0.15) is 5.82 Å². The predicted octanol–water partition coefficient (Wildman–Crippen LogP) is 4.58. The zero-order chi connectivity index (χ0) is 22.3. The Balaban J connectivity index is 1.58. The van der Waals surface area contributed by atoms with Crippen molar-refractivity contribution in [3.63, 3.8) is 0 Å². The Kier molecular flexibility index (Phi) is 5.45. The van der Waals surface area contributed by atoms with E-state index in [-0.39, 0.29) is 33.9 Å². The van der Waals surface area contributed by atoms with E-state index in [1.165, 1.54) is 6.07 Å². The van der Waals surface area contributed by atoms with Gasteiger partial charge in [0.2, 0.25) is 0 Å². The summed E-state index contributed by atoms with van der Waals surface area (Å²) in [5.41, 5.74) is 1.08. The Hall–Kier alpha value is -2.97. The SMILES string of the molecule is Cc1noc2nc(C3CCCN(C(=O)c4cnc(C(C)(C)C)nc4)C3)cc(C(F)F)c12. The summed E-state index contributed by atoms with van der Waals surface area (Å²) in [6.45, 7) is 8.61. The molecule has 1 saturated heterocycles. The van der Waals surface area contributed by atoms with Crippen LogP contribution in [0.1, 0.15) is 79.1 Å². The van der Waals surface area contributed by atoms with Crippen molar-refractivity contribution < 1.29 is 18.1 Å². The zero-order valence-electron chi connectivity index (χ0n) is 18.0. The van der Waals surface area contributed by atoms with Crippen molar-refractivity contribution in [3.05, 3.63) is 46.8 Å². The molecule has 4 heterocycles. The average Bonchev–Trinajstić information content (AvgIpc) is 3.13. The molecule has 9 heteroatoms. The van der Waals surface area contributed by atoms with Gasteiger partial charge in [-0.15, -0.1) is 0 Å². The number of aromatic nitrogens is 4. The number of carbonyl (C=O) groups excluding carboxylic acids is 1. The minimum atomic E-state index is -2.66. The van der Waals surface area contributed by atoms with Gasteiger partial charge in [-0.05, 0) is 25.8 Å². The number of likely N-dealkylation sites (tertiary alicyclic amines) is 1. The fourth-order valence-corrected chi connectivity index (χ4v) is 3.94. The number of piperidine rings is 1. The topological polar surface area (TPSA) is 85.0 Å². The smallest absolute Gasteiger partial charge is 0.264 e. The standard InChI is InChI=1S/C22H25F2N5O2/c1-12-17-15(18(23)24)8-16(27-19(17)31-28-12)13-6-5-7-29(11-13)20(30)14-9-25-21(26-10-14)22(2,3)4/h8-10,13,18H,5-7,11H2,1-4H3. The van der Waals surface area contributed by atoms with E-state index >= 15 is 0 Å². The van der Waals surface area contributed by atoms with Crippen LogP contribution in [0.2, 0.25) is 0 Å². The van der Waals surface area contributed by atoms with Gasteiger partial charge in [0.15, 0.2) is 0 Å². The first-order valence-electron chi connectivity index (χ1n) is 10.3. The fourth-order valence-electron chi connectivity index (χ4n) is 3.94. The van der Waals surface area contributed by atoms with E-state index in [9.17, 15) is 13.6 Å². The Morgan fingerprint density at radius 3 is 2.61 bits per heavy atom. The molecule has 3 aromatic heterocycles. The van der Waals surface area contributed by atoms with Gasteiger partial charge in [-0.3, -0.25) is 4.79 Å². The molecule has 0 aliphatic carbocycles. The van der Waals surface area contributed by atoms with Crippen LogP contribution >= 0.6 is 0 Å². The first kappa shape index (κ1) is 21.3. The molecule has 1 aliphatic rings. The van der Waals surface area contributed by atoms with E-state index in [0.717, 1.165) is 12.8 Å². The Bertz CT molecular complexity index is 1110. The van der Waals surface area contributed by atoms with Crippen LogP contribution in [0.15, 0.2) is 23.0 Å². The van der Waals surface area contributed by atoms with Gasteiger partial charge in [0.25, 0.3) is 18.0 Å². The first-order valence-corrected chi connectivity index (χ1v) is 10.3. The van der Waals surface area contributed by atoms with Crippen LogP contribution in [0, 0.1) is 6.92 Å². The summed E-state index contributed by atoms with van der Waals surface area (Å²) in [5, 5.41) is 4.05. The average molecular weight is 429 g/mol. The summed E-state index contributed by atoms with van der Waals surface area (Å²) < 4.78 is 32.5. The van der Waals surface area contributed by atoms with Crippen molar-refractivity contribution in [3.8, 4) is 0 Å². The minimum Gasteiger partial charge on any atom is -0.338 e. The highest BCUT2D eigenvalue weighted by atomic mass is 19.3. The van der Waals surface area contributed by atoms with Gasteiger partial charge in [-0.25, -0.2) is 23.7 Å². The lowest BCUT2D eigenvalue weighted by atomic mass is 9.92. The Morgan fingerprint density at radius 1 is 1.26 bits per heavy atom. The number of rotatable bonds is 3. The van der Waals surface area contributed by atoms with E-state index < -0.39 is 6.43 Å². The van der Waals surface area contributed by atoms with E-state index in [2.05, 4.69) is 20.1 Å². The third-order valence-electron chi connectivity index (χ3n) is 5.60. The minimum absolute atomic E-state index is 0.111. The molecule has 0 radical (unpaired) electrons. The first-order chi connectivity index (χ1) is 14.6. The third-order valence-corrected chi connectivity index (χ3v) is 5.60. The van der Waals surface area contributed by atoms with Gasteiger partial charge in [0, 0.05) is 48.1 Å². The van der Waals surface area contributed by atoms with E-state index in [1.54, 1.807) is 24.2 Å². The Morgan fingerprint density at radius 2 is 1.97 bits per heavy atom. The van der Waals surface area contributed by atoms with Crippen molar-refractivity contribution in [2.24, 2.45) is 0 Å². The number of hydrogen-bond acceptors (Lipinski definition) is 6. The number of alkyl halides is 2. The van der Waals surface area contributed by atoms with Gasteiger partial charge in [-0.2, -0.15) is 0 Å². The highest BCUT2D eigenvalue weighted by Gasteiger charge is 2.29. The number of fused-ring (bicyclic) bond motifs is 1. The number of pyridine rings is 1. The predicted molar refractivity (Wildman–Crippen MR) is 110 cm³/mol. The molecule has 4 rings (SSSR count). The molecular weight excluding hydrogens is 404 g/mol. The summed E-state index contributed by atoms with van der Waals surface area (Å²) in [7, 11) is 0. The highest BCUT2D eigenvalue weighted by Crippen LogP contribution is 2.34. The summed E-state index contributed by atoms with van der Waals surface area (Å²) in [6, 6.07) is 1.43. The number of aryl methyl sites for hydroxylation is 1. The zero-order valence-corrected chi connectivity index (χ0v) is 18.0. The van der Waals surface area contributed by atoms with Crippen LogP contribution in [0.4, 0.5) is 8.78 Å². The normalized spacial score (nSPS) is 17.5. The highest BCUT2D eigenvalue weighted by molar-refractivity contribution is 5.93. The molecule has 0 bridgehead atoms. The second kappa shape index (κ2) is 7.94. The molecule has 7 nitrogen and oxygen atoms in total. The number of hydrogen-bond donors (Lipinski definition) is 0. The number of halogens is 2. The molecule has 0 saturated carbocycles. The van der Waals surface area contributed by atoms with Crippen LogP contribution in [-0.4, -0.2) is 44.0 Å². The van der Waals surface area contributed by atoms with Crippen molar-refractivity contribution in [1.29, 1.82) is 0 Å². The van der Waals surface area contributed by atoms with Gasteiger partial charge < -0.3 is 9.42 Å². The monoisotopic (exact) mass is 429 g/mol. The van der Waals surface area contributed by atoms with Crippen molar-refractivity contribution >= 4 is 17.0 Å². The number of carbonyl (C=O) groups is 1. The fraction of sp³-hybridized carbons (Fsp3) is 0.500. The maximum absolute atomic E-state index is 13.7. The lowest BCUT2D eigenvalue weighted by Crippen LogP contribution is -2.39. The molecular formula is C22H25F2N5O2. The second-order valence-electron chi connectivity index (χ2n) is 9.02. The molecule has 0 aromatic carbocycles. The van der Waals surface area contributed by atoms with Crippen molar-refractivity contribution in [2.45, 2.75) is 58.3 Å². The molecule has 0 N–H and O–H groups in total. The molecule has 3 aromatic rings. The van der Waals surface area contributed by atoms with Crippen molar-refractivity contribution in [1.82, 2.24) is 25.0 Å². The van der Waals surface area contributed by atoms with Crippen molar-refractivity contribution in [2.75, 3.05) is 13.1 Å².